The van der Waals surface area contributed by atoms with E-state index in [0.29, 0.717) is 11.8 Å². The Labute approximate surface area is 94.6 Å². The van der Waals surface area contributed by atoms with Gasteiger partial charge in [0.05, 0.1) is 0 Å². The average Bonchev–Trinajstić information content (AvgIpc) is 2.23. The maximum absolute atomic E-state index is 11.3. The Kier molecular flexibility index (Phi) is 2.32. The third-order valence-electron chi connectivity index (χ3n) is 4.56. The van der Waals surface area contributed by atoms with E-state index in [1.54, 1.807) is 0 Å². The van der Waals surface area contributed by atoms with E-state index in [0.717, 1.165) is 18.1 Å². The second kappa shape index (κ2) is 3.70. The van der Waals surface area contributed by atoms with Crippen LogP contribution >= 0.6 is 0 Å². The predicted octanol–water partition coefficient (Wildman–Crippen LogP) is 1.65. The van der Waals surface area contributed by atoms with Gasteiger partial charge in [0, 0.05) is 0 Å². The van der Waals surface area contributed by atoms with Gasteiger partial charge >= 0.3 is 12.2 Å². The predicted molar refractivity (Wildman–Crippen MR) is 56.6 cm³/mol. The van der Waals surface area contributed by atoms with Crippen LogP contribution in [0.25, 0.3) is 5.53 Å². The van der Waals surface area contributed by atoms with E-state index in [1.165, 1.54) is 32.1 Å². The summed E-state index contributed by atoms with van der Waals surface area (Å²) in [7, 11) is 0. The lowest BCUT2D eigenvalue weighted by Gasteiger charge is -2.53. The van der Waals surface area contributed by atoms with E-state index in [1.807, 2.05) is 0 Å². The fourth-order valence-electron chi connectivity index (χ4n) is 4.28. The van der Waals surface area contributed by atoms with Gasteiger partial charge in [-0.15, -0.1) is 0 Å². The summed E-state index contributed by atoms with van der Waals surface area (Å²) in [5.41, 5.74) is 8.29. The molecule has 0 atom stereocenters. The van der Waals surface area contributed by atoms with Crippen LogP contribution in [0.4, 0.5) is 0 Å². The molecule has 4 bridgehead atoms. The van der Waals surface area contributed by atoms with Crippen LogP contribution in [-0.4, -0.2) is 23.1 Å². The van der Waals surface area contributed by atoms with E-state index >= 15 is 0 Å². The molecule has 0 amide bonds. The molecule has 0 spiro atoms. The molecule has 0 aromatic rings. The van der Waals surface area contributed by atoms with E-state index in [4.69, 9.17) is 10.3 Å². The monoisotopic (exact) mass is 220 g/mol. The summed E-state index contributed by atoms with van der Waals surface area (Å²) >= 11 is 0. The van der Waals surface area contributed by atoms with Crippen LogP contribution in [-0.2, 0) is 9.53 Å². The molecule has 4 saturated carbocycles. The lowest BCUT2D eigenvalue weighted by Crippen LogP contribution is -2.50. The Balaban J connectivity index is 1.72. The SMILES string of the molecule is [N-]=[N+]=CC(=O)OC1C2CC3CC(C2)CC1C3. The Morgan fingerprint density at radius 2 is 1.69 bits per heavy atom. The van der Waals surface area contributed by atoms with Gasteiger partial charge in [0.1, 0.15) is 6.10 Å². The van der Waals surface area contributed by atoms with Gasteiger partial charge in [-0.25, -0.2) is 4.79 Å². The largest absolute Gasteiger partial charge is 0.453 e. The first-order valence-electron chi connectivity index (χ1n) is 6.14. The van der Waals surface area contributed by atoms with Crippen LogP contribution in [0, 0.1) is 23.7 Å². The number of hydrogen-bond donors (Lipinski definition) is 0. The zero-order valence-corrected chi connectivity index (χ0v) is 9.21. The minimum absolute atomic E-state index is 0.0818. The summed E-state index contributed by atoms with van der Waals surface area (Å²) in [6.45, 7) is 0. The molecule has 4 heteroatoms. The topological polar surface area (TPSA) is 62.7 Å². The first kappa shape index (κ1) is 10.0. The molecule has 4 nitrogen and oxygen atoms in total. The van der Waals surface area contributed by atoms with E-state index in [9.17, 15) is 4.79 Å². The molecule has 0 unspecified atom stereocenters. The van der Waals surface area contributed by atoms with Crippen molar-refractivity contribution in [3.05, 3.63) is 5.53 Å². The van der Waals surface area contributed by atoms with Gasteiger partial charge in [0.2, 0.25) is 0 Å². The molecular weight excluding hydrogens is 204 g/mol. The Morgan fingerprint density at radius 3 is 2.19 bits per heavy atom. The van der Waals surface area contributed by atoms with Gasteiger partial charge in [0.15, 0.2) is 0 Å². The highest BCUT2D eigenvalue weighted by Gasteiger charge is 2.49. The highest BCUT2D eigenvalue weighted by molar-refractivity contribution is 6.20. The van der Waals surface area contributed by atoms with Gasteiger partial charge in [-0.1, -0.05) is 0 Å². The summed E-state index contributed by atoms with van der Waals surface area (Å²) in [4.78, 5) is 14.0. The van der Waals surface area contributed by atoms with Gasteiger partial charge in [-0.2, -0.15) is 4.79 Å². The molecule has 4 rings (SSSR count). The quantitative estimate of drug-likeness (QED) is 0.307. The smallest absolute Gasteiger partial charge is 0.413 e. The van der Waals surface area contributed by atoms with Crippen molar-refractivity contribution in [3.8, 4) is 0 Å². The zero-order chi connectivity index (χ0) is 11.1. The highest BCUT2D eigenvalue weighted by Crippen LogP contribution is 2.54. The van der Waals surface area contributed by atoms with Gasteiger partial charge in [-0.05, 0) is 55.8 Å². The molecule has 4 aliphatic rings. The number of hydrogen-bond acceptors (Lipinski definition) is 2. The molecule has 16 heavy (non-hydrogen) atoms. The molecule has 0 aliphatic heterocycles. The molecule has 86 valence electrons. The molecular formula is C12H16N2O2. The molecule has 4 fully saturated rings. The van der Waals surface area contributed by atoms with Crippen molar-refractivity contribution in [2.45, 2.75) is 38.2 Å². The van der Waals surface area contributed by atoms with Gasteiger partial charge in [0.25, 0.3) is 0 Å². The zero-order valence-electron chi connectivity index (χ0n) is 9.21. The van der Waals surface area contributed by atoms with Crippen molar-refractivity contribution in [1.29, 1.82) is 0 Å². The molecule has 0 aromatic heterocycles. The Bertz CT molecular complexity index is 332. The fraction of sp³-hybridized carbons (Fsp3) is 0.833. The van der Waals surface area contributed by atoms with E-state index in [2.05, 4.69) is 4.79 Å². The summed E-state index contributed by atoms with van der Waals surface area (Å²) in [6, 6.07) is 0. The Morgan fingerprint density at radius 1 is 1.12 bits per heavy atom. The fourth-order valence-corrected chi connectivity index (χ4v) is 4.28. The summed E-state index contributed by atoms with van der Waals surface area (Å²) in [5.74, 6) is 2.38. The third-order valence-corrected chi connectivity index (χ3v) is 4.56. The number of carbonyl (C=O) groups excluding carboxylic acids is 1. The first-order valence-corrected chi connectivity index (χ1v) is 6.14. The normalized spacial score (nSPS) is 43.9. The van der Waals surface area contributed by atoms with Crippen LogP contribution in [0.3, 0.4) is 0 Å². The van der Waals surface area contributed by atoms with Crippen LogP contribution < -0.4 is 0 Å². The van der Waals surface area contributed by atoms with Crippen LogP contribution in [0.1, 0.15) is 32.1 Å². The van der Waals surface area contributed by atoms with Crippen molar-refractivity contribution < 1.29 is 14.3 Å². The lowest BCUT2D eigenvalue weighted by atomic mass is 9.55. The van der Waals surface area contributed by atoms with E-state index in [-0.39, 0.29) is 6.10 Å². The molecule has 0 N–H and O–H groups in total. The van der Waals surface area contributed by atoms with Crippen molar-refractivity contribution in [2.75, 3.05) is 0 Å². The second-order valence-electron chi connectivity index (χ2n) is 5.58. The van der Waals surface area contributed by atoms with Gasteiger partial charge < -0.3 is 10.3 Å². The maximum Gasteiger partial charge on any atom is 0.413 e. The summed E-state index contributed by atoms with van der Waals surface area (Å²) in [5, 5.41) is 0. The van der Waals surface area contributed by atoms with Crippen LogP contribution in [0.5, 0.6) is 0 Å². The minimum atomic E-state index is -0.500. The second-order valence-corrected chi connectivity index (χ2v) is 5.58. The van der Waals surface area contributed by atoms with Crippen molar-refractivity contribution in [3.63, 3.8) is 0 Å². The number of ether oxygens (including phenoxy) is 1. The number of carbonyl (C=O) groups is 1. The first-order chi connectivity index (χ1) is 7.76. The lowest BCUT2D eigenvalue weighted by molar-refractivity contribution is -0.165. The number of esters is 1. The summed E-state index contributed by atoms with van der Waals surface area (Å²) < 4.78 is 5.42. The van der Waals surface area contributed by atoms with Crippen LogP contribution in [0.15, 0.2) is 0 Å². The summed E-state index contributed by atoms with van der Waals surface area (Å²) in [6.07, 6.45) is 7.22. The molecule has 0 saturated heterocycles. The molecule has 0 heterocycles. The van der Waals surface area contributed by atoms with Crippen LogP contribution in [0.2, 0.25) is 0 Å². The molecule has 4 aliphatic carbocycles. The van der Waals surface area contributed by atoms with Crippen molar-refractivity contribution in [2.24, 2.45) is 23.7 Å². The van der Waals surface area contributed by atoms with Crippen molar-refractivity contribution >= 4 is 12.2 Å². The molecule has 0 radical (unpaired) electrons. The van der Waals surface area contributed by atoms with Crippen molar-refractivity contribution in [1.82, 2.24) is 0 Å². The number of rotatable bonds is 2. The number of nitrogens with zero attached hydrogens (tertiary/aromatic N) is 2. The van der Waals surface area contributed by atoms with Gasteiger partial charge in [-0.3, -0.25) is 0 Å². The standard InChI is InChI=1S/C12H16N2O2/c13-14-6-11(15)16-12-9-2-7-1-8(4-9)5-10(12)3-7/h6-10,12H,1-5H2. The highest BCUT2D eigenvalue weighted by atomic mass is 16.5. The molecule has 0 aromatic carbocycles. The maximum atomic E-state index is 11.3. The third kappa shape index (κ3) is 1.57. The average molecular weight is 220 g/mol. The van der Waals surface area contributed by atoms with E-state index < -0.39 is 5.97 Å². The Hall–Kier alpha value is -1.15. The minimum Gasteiger partial charge on any atom is -0.453 e.